The Labute approximate surface area is 169 Å². The van der Waals surface area contributed by atoms with Gasteiger partial charge in [-0.05, 0) is 63.2 Å². The molecule has 0 amide bonds. The smallest absolute Gasteiger partial charge is 0.264 e. The van der Waals surface area contributed by atoms with E-state index in [1.54, 1.807) is 18.2 Å². The Morgan fingerprint density at radius 3 is 2.79 bits per heavy atom. The van der Waals surface area contributed by atoms with Gasteiger partial charge in [-0.3, -0.25) is 19.3 Å². The first-order valence-electron chi connectivity index (χ1n) is 9.55. The number of piperidine rings is 1. The van der Waals surface area contributed by atoms with Crippen LogP contribution in [0.4, 0.5) is 0 Å². The maximum Gasteiger partial charge on any atom is 0.264 e. The number of rotatable bonds is 7. The van der Waals surface area contributed by atoms with Crippen LogP contribution in [0, 0.1) is 4.77 Å². The molecule has 0 aliphatic carbocycles. The van der Waals surface area contributed by atoms with Crippen LogP contribution >= 0.6 is 12.2 Å². The van der Waals surface area contributed by atoms with E-state index in [9.17, 15) is 9.90 Å². The molecule has 0 saturated carbocycles. The van der Waals surface area contributed by atoms with Crippen molar-refractivity contribution in [2.45, 2.75) is 25.7 Å². The number of aromatic amines is 1. The van der Waals surface area contributed by atoms with Crippen LogP contribution in [0.1, 0.15) is 31.2 Å². The number of likely N-dealkylation sites (tertiary alicyclic amines) is 1. The first-order chi connectivity index (χ1) is 13.6. The molecule has 1 aromatic carbocycles. The number of hydrogen-bond acceptors (Lipinski definition) is 6. The van der Waals surface area contributed by atoms with Gasteiger partial charge in [-0.2, -0.15) is 0 Å². The molecule has 1 aliphatic heterocycles. The van der Waals surface area contributed by atoms with Crippen molar-refractivity contribution < 1.29 is 9.84 Å². The average molecular weight is 403 g/mol. The number of methoxy groups -OCH3 is 1. The molecule has 0 spiro atoms. The number of aliphatic imine (C=N–C) groups is 1. The summed E-state index contributed by atoms with van der Waals surface area (Å²) in [5.41, 5.74) is 0.161. The van der Waals surface area contributed by atoms with Crippen LogP contribution in [0.2, 0.25) is 0 Å². The van der Waals surface area contributed by atoms with E-state index in [-0.39, 0.29) is 16.2 Å². The summed E-state index contributed by atoms with van der Waals surface area (Å²) in [5.74, 6) is 0.281. The number of hydrogen-bond donors (Lipinski definition) is 2. The quantitative estimate of drug-likeness (QED) is 0.423. The highest BCUT2D eigenvalue weighted by Gasteiger charge is 2.15. The second-order valence-corrected chi connectivity index (χ2v) is 7.18. The molecule has 2 N–H and O–H groups in total. The molecule has 3 rings (SSSR count). The largest absolute Gasteiger partial charge is 0.495 e. The number of aromatic hydroxyl groups is 1. The minimum atomic E-state index is -0.464. The van der Waals surface area contributed by atoms with Crippen molar-refractivity contribution in [3.8, 4) is 17.3 Å². The number of H-pyrrole nitrogens is 1. The number of ether oxygens (including phenoxy) is 1. The Bertz CT molecular complexity index is 945. The van der Waals surface area contributed by atoms with Gasteiger partial charge in [0.05, 0.1) is 12.8 Å². The van der Waals surface area contributed by atoms with E-state index in [2.05, 4.69) is 14.9 Å². The molecule has 0 atom stereocenters. The molecular weight excluding hydrogens is 376 g/mol. The zero-order chi connectivity index (χ0) is 19.9. The minimum absolute atomic E-state index is 0.0810. The number of benzene rings is 1. The summed E-state index contributed by atoms with van der Waals surface area (Å²) in [6.07, 6.45) is 6.19. The SMILES string of the molecule is COc1ccccc1-n1c(O)c(C=NCCCN2CCCCC2)c(=O)[nH]c1=S. The molecule has 1 aromatic heterocycles. The normalized spacial score (nSPS) is 15.2. The van der Waals surface area contributed by atoms with Crippen molar-refractivity contribution in [1.82, 2.24) is 14.5 Å². The Kier molecular flexibility index (Phi) is 7.00. The van der Waals surface area contributed by atoms with Crippen molar-refractivity contribution in [1.29, 1.82) is 0 Å². The molecule has 0 unspecified atom stereocenters. The van der Waals surface area contributed by atoms with E-state index in [4.69, 9.17) is 17.0 Å². The van der Waals surface area contributed by atoms with Crippen molar-refractivity contribution >= 4 is 18.4 Å². The first kappa shape index (κ1) is 20.3. The highest BCUT2D eigenvalue weighted by atomic mass is 32.1. The molecule has 0 bridgehead atoms. The molecule has 1 saturated heterocycles. The maximum absolute atomic E-state index is 12.3. The lowest BCUT2D eigenvalue weighted by Gasteiger charge is -2.25. The van der Waals surface area contributed by atoms with Gasteiger partial charge in [-0.15, -0.1) is 0 Å². The zero-order valence-electron chi connectivity index (χ0n) is 16.1. The maximum atomic E-state index is 12.3. The second kappa shape index (κ2) is 9.66. The molecule has 2 heterocycles. The van der Waals surface area contributed by atoms with Gasteiger partial charge >= 0.3 is 0 Å². The summed E-state index contributed by atoms with van der Waals surface area (Å²) in [5, 5.41) is 10.7. The summed E-state index contributed by atoms with van der Waals surface area (Å²) in [6.45, 7) is 3.92. The number of nitrogens with zero attached hydrogens (tertiary/aromatic N) is 3. The van der Waals surface area contributed by atoms with Crippen molar-refractivity contribution in [3.05, 3.63) is 45.0 Å². The van der Waals surface area contributed by atoms with Gasteiger partial charge < -0.3 is 14.7 Å². The third-order valence-corrected chi connectivity index (χ3v) is 5.16. The van der Waals surface area contributed by atoms with Gasteiger partial charge in [0.1, 0.15) is 11.3 Å². The van der Waals surface area contributed by atoms with Gasteiger partial charge in [-0.25, -0.2) is 0 Å². The Morgan fingerprint density at radius 1 is 1.29 bits per heavy atom. The molecular formula is C20H26N4O3S. The third kappa shape index (κ3) is 4.69. The van der Waals surface area contributed by atoms with Gasteiger partial charge in [-0.1, -0.05) is 18.6 Å². The topological polar surface area (TPSA) is 82.8 Å². The van der Waals surface area contributed by atoms with Crippen molar-refractivity contribution in [2.75, 3.05) is 33.3 Å². The van der Waals surface area contributed by atoms with Crippen LogP contribution in [0.3, 0.4) is 0 Å². The van der Waals surface area contributed by atoms with Crippen LogP contribution in [0.25, 0.3) is 5.69 Å². The second-order valence-electron chi connectivity index (χ2n) is 6.79. The van der Waals surface area contributed by atoms with E-state index >= 15 is 0 Å². The molecule has 1 fully saturated rings. The van der Waals surface area contributed by atoms with Crippen molar-refractivity contribution in [3.63, 3.8) is 0 Å². The summed E-state index contributed by atoms with van der Waals surface area (Å²) in [4.78, 5) is 21.7. The number of para-hydroxylation sites is 2. The molecule has 0 radical (unpaired) electrons. The van der Waals surface area contributed by atoms with Gasteiger partial charge in [0.15, 0.2) is 4.77 Å². The molecule has 2 aromatic rings. The van der Waals surface area contributed by atoms with Crippen molar-refractivity contribution in [2.24, 2.45) is 4.99 Å². The summed E-state index contributed by atoms with van der Waals surface area (Å²) < 4.78 is 6.81. The lowest BCUT2D eigenvalue weighted by molar-refractivity contribution is 0.228. The Morgan fingerprint density at radius 2 is 2.04 bits per heavy atom. The fourth-order valence-corrected chi connectivity index (χ4v) is 3.69. The Hall–Kier alpha value is -2.45. The highest BCUT2D eigenvalue weighted by Crippen LogP contribution is 2.26. The monoisotopic (exact) mass is 402 g/mol. The number of aromatic nitrogens is 2. The lowest BCUT2D eigenvalue weighted by Crippen LogP contribution is -2.30. The van der Waals surface area contributed by atoms with Crippen LogP contribution in [0.5, 0.6) is 11.6 Å². The number of nitrogens with one attached hydrogen (secondary N) is 1. The molecule has 150 valence electrons. The fraction of sp³-hybridized carbons (Fsp3) is 0.450. The lowest BCUT2D eigenvalue weighted by atomic mass is 10.1. The first-order valence-corrected chi connectivity index (χ1v) is 9.96. The molecule has 8 heteroatoms. The van der Waals surface area contributed by atoms with E-state index in [1.165, 1.54) is 37.2 Å². The summed E-state index contributed by atoms with van der Waals surface area (Å²) >= 11 is 5.24. The highest BCUT2D eigenvalue weighted by molar-refractivity contribution is 7.71. The predicted molar refractivity (Wildman–Crippen MR) is 113 cm³/mol. The van der Waals surface area contributed by atoms with E-state index in [1.807, 2.05) is 6.07 Å². The predicted octanol–water partition coefficient (Wildman–Crippen LogP) is 2.90. The average Bonchev–Trinajstić information content (AvgIpc) is 2.71. The minimum Gasteiger partial charge on any atom is -0.495 e. The van der Waals surface area contributed by atoms with Crippen LogP contribution in [-0.2, 0) is 0 Å². The zero-order valence-corrected chi connectivity index (χ0v) is 16.9. The van der Waals surface area contributed by atoms with Gasteiger partial charge in [0, 0.05) is 12.8 Å². The summed E-state index contributed by atoms with van der Waals surface area (Å²) in [6, 6.07) is 7.14. The van der Waals surface area contributed by atoms with E-state index in [0.717, 1.165) is 26.1 Å². The standard InChI is InChI=1S/C20H26N4O3S/c1-27-17-9-4-3-8-16(17)24-19(26)15(18(25)22-20(24)28)14-21-10-7-13-23-11-5-2-6-12-23/h3-4,8-9,14,26H,2,5-7,10-13H2,1H3,(H,22,25,28). The third-order valence-electron chi connectivity index (χ3n) is 4.88. The van der Waals surface area contributed by atoms with E-state index < -0.39 is 5.56 Å². The van der Waals surface area contributed by atoms with Crippen LogP contribution in [0.15, 0.2) is 34.1 Å². The summed E-state index contributed by atoms with van der Waals surface area (Å²) in [7, 11) is 1.54. The molecule has 28 heavy (non-hydrogen) atoms. The Balaban J connectivity index is 1.78. The molecule has 7 nitrogen and oxygen atoms in total. The van der Waals surface area contributed by atoms with Gasteiger partial charge in [0.2, 0.25) is 5.88 Å². The van der Waals surface area contributed by atoms with Gasteiger partial charge in [0.25, 0.3) is 5.56 Å². The molecule has 1 aliphatic rings. The van der Waals surface area contributed by atoms with E-state index in [0.29, 0.717) is 18.0 Å². The van der Waals surface area contributed by atoms with Crippen LogP contribution in [-0.4, -0.2) is 59.1 Å². The van der Waals surface area contributed by atoms with Crippen LogP contribution < -0.4 is 10.3 Å². The fourth-order valence-electron chi connectivity index (χ4n) is 3.42.